The third kappa shape index (κ3) is 8.75. The quantitative estimate of drug-likeness (QED) is 0.275. The highest BCUT2D eigenvalue weighted by atomic mass is 35.5. The summed E-state index contributed by atoms with van der Waals surface area (Å²) in [6, 6.07) is 23.9. The van der Waals surface area contributed by atoms with Crippen molar-refractivity contribution in [1.82, 2.24) is 19.9 Å². The van der Waals surface area contributed by atoms with Crippen molar-refractivity contribution in [2.24, 2.45) is 0 Å². The van der Waals surface area contributed by atoms with Crippen LogP contribution >= 0.6 is 23.2 Å². The Hall–Kier alpha value is -3.62. The minimum atomic E-state index is -1.35. The van der Waals surface area contributed by atoms with E-state index in [-0.39, 0.29) is 10.3 Å². The van der Waals surface area contributed by atoms with Crippen molar-refractivity contribution in [1.29, 1.82) is 0 Å². The third-order valence-corrected chi connectivity index (χ3v) is 5.88. The second-order valence-electron chi connectivity index (χ2n) is 8.42. The van der Waals surface area contributed by atoms with Crippen molar-refractivity contribution in [2.75, 3.05) is 0 Å². The molecule has 0 radical (unpaired) electrons. The number of nitrogens with zero attached hydrogens (tertiary/aromatic N) is 4. The Labute approximate surface area is 233 Å². The zero-order valence-corrected chi connectivity index (χ0v) is 22.8. The molecule has 0 aliphatic rings. The maximum atomic E-state index is 8.70. The van der Waals surface area contributed by atoms with Crippen molar-refractivity contribution in [3.63, 3.8) is 0 Å². The number of hydrogen-bond donors (Lipinski definition) is 2. The molecule has 0 aliphatic heterocycles. The van der Waals surface area contributed by atoms with E-state index in [0.29, 0.717) is 5.46 Å². The Balaban J connectivity index is 0.000000185. The van der Waals surface area contributed by atoms with Crippen LogP contribution in [-0.4, -0.2) is 37.1 Å². The summed E-state index contributed by atoms with van der Waals surface area (Å²) in [6.07, 6.45) is 6.45. The molecule has 0 aliphatic carbocycles. The van der Waals surface area contributed by atoms with Crippen molar-refractivity contribution in [2.45, 2.75) is 20.8 Å². The second-order valence-corrected chi connectivity index (χ2v) is 9.13. The highest BCUT2D eigenvalue weighted by Crippen LogP contribution is 2.29. The molecule has 5 aromatic rings. The van der Waals surface area contributed by atoms with Gasteiger partial charge >= 0.3 is 7.12 Å². The topological polar surface area (TPSA) is 92.0 Å². The molecule has 6 nitrogen and oxygen atoms in total. The van der Waals surface area contributed by atoms with Crippen LogP contribution in [0.3, 0.4) is 0 Å². The molecule has 0 unspecified atom stereocenters. The molecule has 0 bridgehead atoms. The SMILES string of the molecule is Cc1cccc(-c2nccnc2-c2cccc(C)c2)c1.Cc1cccc(B(O)O)c1.Clc1nccnc1Cl. The van der Waals surface area contributed by atoms with Gasteiger partial charge in [-0.1, -0.05) is 101 Å². The largest absolute Gasteiger partial charge is 0.488 e. The van der Waals surface area contributed by atoms with Crippen molar-refractivity contribution in [3.05, 3.63) is 125 Å². The maximum absolute atomic E-state index is 8.70. The summed E-state index contributed by atoms with van der Waals surface area (Å²) in [5, 5.41) is 17.9. The van der Waals surface area contributed by atoms with Crippen LogP contribution in [0.5, 0.6) is 0 Å². The smallest absolute Gasteiger partial charge is 0.423 e. The van der Waals surface area contributed by atoms with Crippen LogP contribution in [0, 0.1) is 20.8 Å². The average Bonchev–Trinajstić information content (AvgIpc) is 2.91. The van der Waals surface area contributed by atoms with E-state index in [9.17, 15) is 0 Å². The third-order valence-electron chi connectivity index (χ3n) is 5.23. The summed E-state index contributed by atoms with van der Waals surface area (Å²) in [5.41, 5.74) is 8.10. The fraction of sp³-hybridized carbons (Fsp3) is 0.103. The van der Waals surface area contributed by atoms with Gasteiger partial charge in [0.05, 0.1) is 11.4 Å². The van der Waals surface area contributed by atoms with Gasteiger partial charge in [0.2, 0.25) is 0 Å². The first-order valence-electron chi connectivity index (χ1n) is 11.7. The Morgan fingerprint density at radius 2 is 0.947 bits per heavy atom. The Kier molecular flexibility index (Phi) is 10.9. The molecule has 5 rings (SSSR count). The summed E-state index contributed by atoms with van der Waals surface area (Å²) >= 11 is 10.8. The number of halogens is 2. The van der Waals surface area contributed by atoms with Crippen molar-refractivity contribution < 1.29 is 10.0 Å². The number of rotatable bonds is 3. The van der Waals surface area contributed by atoms with E-state index in [1.807, 2.05) is 13.0 Å². The normalized spacial score (nSPS) is 9.97. The predicted octanol–water partition coefficient (Wildman–Crippen LogP) is 5.89. The number of benzene rings is 3. The molecule has 2 aromatic heterocycles. The molecule has 38 heavy (non-hydrogen) atoms. The highest BCUT2D eigenvalue weighted by Gasteiger charge is 2.10. The lowest BCUT2D eigenvalue weighted by atomic mass is 9.80. The van der Waals surface area contributed by atoms with E-state index in [4.69, 9.17) is 33.2 Å². The van der Waals surface area contributed by atoms with Crippen molar-refractivity contribution >= 4 is 35.8 Å². The first-order valence-corrected chi connectivity index (χ1v) is 12.5. The van der Waals surface area contributed by atoms with E-state index in [1.165, 1.54) is 23.5 Å². The Bertz CT molecular complexity index is 1400. The molecule has 2 heterocycles. The zero-order chi connectivity index (χ0) is 27.5. The van der Waals surface area contributed by atoms with Gasteiger partial charge in [0.25, 0.3) is 0 Å². The van der Waals surface area contributed by atoms with Crippen LogP contribution in [0.1, 0.15) is 16.7 Å². The molecular formula is C29H27BCl2N4O2. The molecule has 0 spiro atoms. The molecule has 2 N–H and O–H groups in total. The molecular weight excluding hydrogens is 518 g/mol. The van der Waals surface area contributed by atoms with Gasteiger partial charge in [-0.3, -0.25) is 9.97 Å². The van der Waals surface area contributed by atoms with E-state index in [0.717, 1.165) is 28.1 Å². The minimum Gasteiger partial charge on any atom is -0.423 e. The molecule has 0 saturated carbocycles. The summed E-state index contributed by atoms with van der Waals surface area (Å²) < 4.78 is 0. The molecule has 0 saturated heterocycles. The fourth-order valence-electron chi connectivity index (χ4n) is 3.48. The lowest BCUT2D eigenvalue weighted by molar-refractivity contribution is 0.425. The van der Waals surface area contributed by atoms with Crippen molar-refractivity contribution in [3.8, 4) is 22.5 Å². The summed E-state index contributed by atoms with van der Waals surface area (Å²) in [6.45, 7) is 6.09. The van der Waals surface area contributed by atoms with Gasteiger partial charge in [-0.25, -0.2) is 9.97 Å². The Morgan fingerprint density at radius 1 is 0.553 bits per heavy atom. The van der Waals surface area contributed by atoms with Gasteiger partial charge in [-0.15, -0.1) is 0 Å². The monoisotopic (exact) mass is 544 g/mol. The molecule has 3 aromatic carbocycles. The van der Waals surface area contributed by atoms with Gasteiger partial charge in [0, 0.05) is 35.9 Å². The molecule has 9 heteroatoms. The van der Waals surface area contributed by atoms with Crippen LogP contribution in [-0.2, 0) is 0 Å². The minimum absolute atomic E-state index is 0.245. The van der Waals surface area contributed by atoms with E-state index in [2.05, 4.69) is 82.3 Å². The lowest BCUT2D eigenvalue weighted by Gasteiger charge is -2.09. The van der Waals surface area contributed by atoms with Crippen LogP contribution in [0.25, 0.3) is 22.5 Å². The van der Waals surface area contributed by atoms with Crippen LogP contribution < -0.4 is 5.46 Å². The number of aryl methyl sites for hydroxylation is 3. The average molecular weight is 545 g/mol. The molecule has 192 valence electrons. The maximum Gasteiger partial charge on any atom is 0.488 e. The van der Waals surface area contributed by atoms with Gasteiger partial charge in [0.15, 0.2) is 10.3 Å². The Morgan fingerprint density at radius 3 is 1.29 bits per heavy atom. The fourth-order valence-corrected chi connectivity index (χ4v) is 3.69. The van der Waals surface area contributed by atoms with Crippen LogP contribution in [0.15, 0.2) is 97.6 Å². The van der Waals surface area contributed by atoms with Gasteiger partial charge in [-0.05, 0) is 38.4 Å². The van der Waals surface area contributed by atoms with E-state index >= 15 is 0 Å². The predicted molar refractivity (Wildman–Crippen MR) is 155 cm³/mol. The molecule has 0 amide bonds. The summed E-state index contributed by atoms with van der Waals surface area (Å²) in [4.78, 5) is 16.4. The van der Waals surface area contributed by atoms with Crippen LogP contribution in [0.4, 0.5) is 0 Å². The van der Waals surface area contributed by atoms with Gasteiger partial charge in [-0.2, -0.15) is 0 Å². The van der Waals surface area contributed by atoms with Gasteiger partial charge in [0.1, 0.15) is 0 Å². The summed E-state index contributed by atoms with van der Waals surface area (Å²) in [5.74, 6) is 0. The lowest BCUT2D eigenvalue weighted by Crippen LogP contribution is -2.29. The van der Waals surface area contributed by atoms with E-state index in [1.54, 1.807) is 30.6 Å². The van der Waals surface area contributed by atoms with Crippen LogP contribution in [0.2, 0.25) is 10.3 Å². The zero-order valence-electron chi connectivity index (χ0n) is 21.3. The standard InChI is InChI=1S/C18H16N2.C7H9BO2.C4H2Cl2N2/c1-13-5-3-7-15(11-13)17-18(20-10-9-19-17)16-8-4-6-14(2)12-16;1-6-3-2-4-7(5-6)8(9)10;5-3-4(6)8-2-1-7-3/h3-12H,1-2H3;2-5,9-10H,1H3;1-2H. The first-order chi connectivity index (χ1) is 18.2. The number of hydrogen-bond acceptors (Lipinski definition) is 6. The van der Waals surface area contributed by atoms with E-state index < -0.39 is 7.12 Å². The first kappa shape index (κ1) is 28.9. The number of aromatic nitrogens is 4. The highest BCUT2D eigenvalue weighted by molar-refractivity contribution is 6.58. The van der Waals surface area contributed by atoms with Gasteiger partial charge < -0.3 is 10.0 Å². The summed E-state index contributed by atoms with van der Waals surface area (Å²) in [7, 11) is -1.35. The molecule has 0 fully saturated rings. The second kappa shape index (κ2) is 14.4. The molecule has 0 atom stereocenters.